The van der Waals surface area contributed by atoms with Crippen molar-refractivity contribution in [3.8, 4) is 0 Å². The van der Waals surface area contributed by atoms with E-state index in [4.69, 9.17) is 28.4 Å². The smallest absolute Gasteiger partial charge is 0.338 e. The van der Waals surface area contributed by atoms with Crippen molar-refractivity contribution in [1.29, 1.82) is 0 Å². The second kappa shape index (κ2) is 18.5. The molecule has 0 aromatic heterocycles. The second-order valence-corrected chi connectivity index (χ2v) is 19.1. The standard InChI is InChI=1S/C50H57NO17/c1-25-31(65-45(61)38(56)35(27-15-9-6-10-16-27)51-43(59)28-17-11-7-12-18-28)22-50(62)42(67-44(60)29-19-13-8-14-20-29)40-48(5,41(58)37(55)34(25)47(50,3)4)32(21-33-49(40,24-64-33)68-26(2)52)66-46-39(57)36(54)30(53)23-63-46/h6-20,30-33,35-40,42,46,53-57,62H,21-24H2,1-5H3,(H,51,59)/t30-,31+,32+,33+,35+,36+,37-,38+,39+,40+,42+,46-,48-,49-,50+/m0/s1. The number of hydrogen-bond acceptors (Lipinski definition) is 17. The number of esters is 3. The van der Waals surface area contributed by atoms with Gasteiger partial charge in [0.1, 0.15) is 48.3 Å². The molecule has 2 aliphatic heterocycles. The summed E-state index contributed by atoms with van der Waals surface area (Å²) in [5, 5.41) is 72.9. The van der Waals surface area contributed by atoms with Gasteiger partial charge < -0.3 is 64.4 Å². The first-order valence-corrected chi connectivity index (χ1v) is 22.5. The van der Waals surface area contributed by atoms with Gasteiger partial charge in [0, 0.05) is 30.7 Å². The number of carbonyl (C=O) groups is 5. The zero-order valence-electron chi connectivity index (χ0n) is 38.1. The predicted molar refractivity (Wildman–Crippen MR) is 235 cm³/mol. The molecule has 3 aliphatic carbocycles. The van der Waals surface area contributed by atoms with Gasteiger partial charge in [-0.2, -0.15) is 0 Å². The third-order valence-electron chi connectivity index (χ3n) is 14.9. The zero-order valence-corrected chi connectivity index (χ0v) is 38.1. The Morgan fingerprint density at radius 2 is 1.43 bits per heavy atom. The first kappa shape index (κ1) is 49.0. The number of ether oxygens (including phenoxy) is 6. The van der Waals surface area contributed by atoms with E-state index in [0.717, 1.165) is 6.92 Å². The quantitative estimate of drug-likeness (QED) is 0.0818. The lowest BCUT2D eigenvalue weighted by molar-refractivity contribution is -0.366. The summed E-state index contributed by atoms with van der Waals surface area (Å²) in [6, 6.07) is 22.7. The Labute approximate surface area is 391 Å². The highest BCUT2D eigenvalue weighted by Crippen LogP contribution is 2.65. The van der Waals surface area contributed by atoms with Crippen LogP contribution in [-0.4, -0.2) is 146 Å². The number of amides is 1. The first-order valence-electron chi connectivity index (χ1n) is 22.5. The number of ketones is 1. The molecule has 18 nitrogen and oxygen atoms in total. The van der Waals surface area contributed by atoms with Crippen LogP contribution in [0.5, 0.6) is 0 Å². The monoisotopic (exact) mass is 943 g/mol. The van der Waals surface area contributed by atoms with Crippen molar-refractivity contribution in [2.45, 2.75) is 126 Å². The van der Waals surface area contributed by atoms with E-state index >= 15 is 4.79 Å². The highest BCUT2D eigenvalue weighted by molar-refractivity contribution is 5.95. The molecule has 5 aliphatic rings. The molecule has 2 heterocycles. The van der Waals surface area contributed by atoms with Crippen molar-refractivity contribution in [2.24, 2.45) is 16.7 Å². The average Bonchev–Trinajstić information content (AvgIpc) is 3.31. The second-order valence-electron chi connectivity index (χ2n) is 19.1. The van der Waals surface area contributed by atoms with Crippen LogP contribution < -0.4 is 5.32 Å². The van der Waals surface area contributed by atoms with Crippen molar-refractivity contribution in [3.05, 3.63) is 119 Å². The van der Waals surface area contributed by atoms with Gasteiger partial charge in [0.25, 0.3) is 5.91 Å². The van der Waals surface area contributed by atoms with Crippen LogP contribution in [0.3, 0.4) is 0 Å². The molecule has 2 bridgehead atoms. The molecule has 3 aromatic carbocycles. The number of aliphatic hydroxyl groups excluding tert-OH is 5. The summed E-state index contributed by atoms with van der Waals surface area (Å²) >= 11 is 0. The van der Waals surface area contributed by atoms with Crippen molar-refractivity contribution >= 4 is 29.6 Å². The topological polar surface area (TPSA) is 274 Å². The maximum absolute atomic E-state index is 15.7. The Hall–Kier alpha value is -5.41. The van der Waals surface area contributed by atoms with Crippen LogP contribution in [0.15, 0.2) is 102 Å². The summed E-state index contributed by atoms with van der Waals surface area (Å²) in [4.78, 5) is 71.3. The van der Waals surface area contributed by atoms with Crippen molar-refractivity contribution < 1.29 is 83.0 Å². The average molecular weight is 944 g/mol. The number of hydrogen-bond donors (Lipinski definition) is 7. The predicted octanol–water partition coefficient (Wildman–Crippen LogP) is 1.63. The van der Waals surface area contributed by atoms with Gasteiger partial charge in [0.15, 0.2) is 23.8 Å². The SMILES string of the molecule is CC(=O)O[C@@]12CO[C@@H]1C[C@@H](O[C@@H]1OC[C@H](O)[C@@H](O)[C@H]1O)[C@]1(C)C(=O)[C@@H](O)C3=C(C)[C@H](OC(=O)[C@H](O)[C@H](NC(=O)c4ccccc4)c4ccccc4)C[C@@](O)([C@H](OC(=O)c4ccccc4)[C@@H]21)C3(C)C. The maximum atomic E-state index is 15.7. The van der Waals surface area contributed by atoms with E-state index in [1.807, 2.05) is 0 Å². The maximum Gasteiger partial charge on any atom is 0.338 e. The molecule has 18 heteroatoms. The van der Waals surface area contributed by atoms with E-state index in [1.165, 1.54) is 39.8 Å². The molecule has 0 radical (unpaired) electrons. The van der Waals surface area contributed by atoms with E-state index in [9.17, 15) is 49.8 Å². The molecule has 364 valence electrons. The molecule has 8 rings (SSSR count). The van der Waals surface area contributed by atoms with Gasteiger partial charge in [-0.25, -0.2) is 9.59 Å². The number of Topliss-reactive ketones (excluding diaryl/α,β-unsaturated/α-hetero) is 1. The molecule has 2 saturated heterocycles. The van der Waals surface area contributed by atoms with E-state index in [-0.39, 0.29) is 35.3 Å². The highest BCUT2D eigenvalue weighted by Gasteiger charge is 2.78. The molecule has 1 amide bonds. The zero-order chi connectivity index (χ0) is 49.1. The van der Waals surface area contributed by atoms with Crippen LogP contribution in [0.1, 0.15) is 79.8 Å². The molecule has 4 fully saturated rings. The largest absolute Gasteiger partial charge is 0.456 e. The van der Waals surface area contributed by atoms with Gasteiger partial charge in [0.2, 0.25) is 0 Å². The minimum atomic E-state index is -2.47. The van der Waals surface area contributed by atoms with E-state index in [2.05, 4.69) is 5.32 Å². The Balaban J connectivity index is 1.26. The van der Waals surface area contributed by atoms with E-state index in [1.54, 1.807) is 78.9 Å². The number of rotatable bonds is 11. The fraction of sp³-hybridized carbons (Fsp3) is 0.500. The van der Waals surface area contributed by atoms with Gasteiger partial charge in [0.05, 0.1) is 42.3 Å². The molecule has 2 saturated carbocycles. The van der Waals surface area contributed by atoms with Crippen molar-refractivity contribution in [1.82, 2.24) is 5.32 Å². The number of aliphatic hydroxyl groups is 6. The number of carbonyl (C=O) groups excluding carboxylic acids is 5. The number of fused-ring (bicyclic) bond motifs is 5. The molecule has 3 aromatic rings. The minimum Gasteiger partial charge on any atom is -0.456 e. The Morgan fingerprint density at radius 3 is 2.01 bits per heavy atom. The van der Waals surface area contributed by atoms with Crippen LogP contribution in [0, 0.1) is 16.7 Å². The van der Waals surface area contributed by atoms with Crippen molar-refractivity contribution in [2.75, 3.05) is 13.2 Å². The summed E-state index contributed by atoms with van der Waals surface area (Å²) in [7, 11) is 0. The summed E-state index contributed by atoms with van der Waals surface area (Å²) in [6.07, 6.45) is -17.8. The lowest BCUT2D eigenvalue weighted by Gasteiger charge is -2.68. The third-order valence-corrected chi connectivity index (χ3v) is 14.9. The normalized spacial score (nSPS) is 36.0. The first-order chi connectivity index (χ1) is 32.2. The summed E-state index contributed by atoms with van der Waals surface area (Å²) in [6.45, 7) is 6.21. The number of benzene rings is 3. The Kier molecular flexibility index (Phi) is 13.3. The lowest BCUT2D eigenvalue weighted by Crippen LogP contribution is -2.82. The van der Waals surface area contributed by atoms with Crippen LogP contribution in [-0.2, 0) is 42.8 Å². The molecule has 0 spiro atoms. The minimum absolute atomic E-state index is 0.0280. The van der Waals surface area contributed by atoms with Gasteiger partial charge in [-0.05, 0) is 54.8 Å². The van der Waals surface area contributed by atoms with Gasteiger partial charge in [-0.15, -0.1) is 0 Å². The summed E-state index contributed by atoms with van der Waals surface area (Å²) < 4.78 is 36.8. The molecule has 0 unspecified atom stereocenters. The highest BCUT2D eigenvalue weighted by atomic mass is 16.7. The van der Waals surface area contributed by atoms with Crippen LogP contribution >= 0.6 is 0 Å². The Bertz CT molecular complexity index is 2430. The fourth-order valence-corrected chi connectivity index (χ4v) is 11.2. The van der Waals surface area contributed by atoms with E-state index < -0.39 is 138 Å². The van der Waals surface area contributed by atoms with Crippen LogP contribution in [0.25, 0.3) is 0 Å². The Morgan fingerprint density at radius 1 is 0.824 bits per heavy atom. The van der Waals surface area contributed by atoms with Crippen LogP contribution in [0.4, 0.5) is 0 Å². The fourth-order valence-electron chi connectivity index (χ4n) is 11.2. The number of nitrogens with one attached hydrogen (secondary N) is 1. The molecule has 68 heavy (non-hydrogen) atoms. The third kappa shape index (κ3) is 8.14. The van der Waals surface area contributed by atoms with Crippen LogP contribution in [0.2, 0.25) is 0 Å². The lowest BCUT2D eigenvalue weighted by atomic mass is 9.44. The molecule has 15 atom stereocenters. The van der Waals surface area contributed by atoms with Crippen molar-refractivity contribution in [3.63, 3.8) is 0 Å². The van der Waals surface area contributed by atoms with Gasteiger partial charge in [-0.3, -0.25) is 14.4 Å². The van der Waals surface area contributed by atoms with Gasteiger partial charge >= 0.3 is 17.9 Å². The van der Waals surface area contributed by atoms with E-state index in [0.29, 0.717) is 5.56 Å². The summed E-state index contributed by atoms with van der Waals surface area (Å²) in [5.74, 6) is -6.29. The molecular formula is C50H57NO17. The van der Waals surface area contributed by atoms with Gasteiger partial charge in [-0.1, -0.05) is 80.6 Å². The molecular weight excluding hydrogens is 887 g/mol. The molecule has 7 N–H and O–H groups in total. The summed E-state index contributed by atoms with van der Waals surface area (Å²) in [5.41, 5.74) is -7.60.